The van der Waals surface area contributed by atoms with Gasteiger partial charge in [-0.05, 0) is 38.8 Å². The maximum Gasteiger partial charge on any atom is 0.191 e. The van der Waals surface area contributed by atoms with Crippen LogP contribution in [0.15, 0.2) is 29.3 Å². The molecule has 2 unspecified atom stereocenters. The van der Waals surface area contributed by atoms with Crippen LogP contribution in [0.3, 0.4) is 0 Å². The Morgan fingerprint density at radius 2 is 2.29 bits per heavy atom. The summed E-state index contributed by atoms with van der Waals surface area (Å²) in [6.45, 7) is 9.71. The van der Waals surface area contributed by atoms with Crippen LogP contribution >= 0.6 is 0 Å². The smallest absolute Gasteiger partial charge is 0.191 e. The van der Waals surface area contributed by atoms with E-state index in [1.54, 1.807) is 0 Å². The lowest BCUT2D eigenvalue weighted by Crippen LogP contribution is -2.51. The largest absolute Gasteiger partial charge is 0.373 e. The number of benzene rings is 1. The molecule has 5 heteroatoms. The van der Waals surface area contributed by atoms with Crippen LogP contribution in [0.5, 0.6) is 0 Å². The SMILES string of the molecule is CCNC(=NCc1cccc(C)c1)NCC1CN2CCCC2CO1. The molecular formula is C19H30N4O. The number of fused-ring (bicyclic) bond motifs is 1. The second kappa shape index (κ2) is 8.49. The summed E-state index contributed by atoms with van der Waals surface area (Å²) in [5, 5.41) is 6.77. The fraction of sp³-hybridized carbons (Fsp3) is 0.632. The fourth-order valence-electron chi connectivity index (χ4n) is 3.54. The molecule has 0 spiro atoms. The first-order chi connectivity index (χ1) is 11.7. The van der Waals surface area contributed by atoms with Crippen LogP contribution < -0.4 is 10.6 Å². The van der Waals surface area contributed by atoms with Gasteiger partial charge in [0.2, 0.25) is 0 Å². The molecule has 0 aliphatic carbocycles. The van der Waals surface area contributed by atoms with E-state index in [1.165, 1.54) is 30.5 Å². The number of aliphatic imine (C=N–C) groups is 1. The molecule has 2 heterocycles. The van der Waals surface area contributed by atoms with Gasteiger partial charge < -0.3 is 15.4 Å². The van der Waals surface area contributed by atoms with Crippen molar-refractivity contribution < 1.29 is 4.74 Å². The summed E-state index contributed by atoms with van der Waals surface area (Å²) in [6, 6.07) is 9.17. The molecule has 2 atom stereocenters. The Morgan fingerprint density at radius 3 is 3.12 bits per heavy atom. The zero-order valence-electron chi connectivity index (χ0n) is 14.9. The van der Waals surface area contributed by atoms with E-state index in [0.29, 0.717) is 12.6 Å². The Hall–Kier alpha value is -1.59. The number of hydrogen-bond donors (Lipinski definition) is 2. The number of nitrogens with zero attached hydrogens (tertiary/aromatic N) is 2. The number of guanidine groups is 1. The van der Waals surface area contributed by atoms with Crippen LogP contribution in [0.4, 0.5) is 0 Å². The van der Waals surface area contributed by atoms with Gasteiger partial charge in [-0.15, -0.1) is 0 Å². The van der Waals surface area contributed by atoms with Crippen molar-refractivity contribution in [3.8, 4) is 0 Å². The number of nitrogens with one attached hydrogen (secondary N) is 2. The third-order valence-electron chi connectivity index (χ3n) is 4.81. The zero-order valence-corrected chi connectivity index (χ0v) is 14.9. The second-order valence-electron chi connectivity index (χ2n) is 6.81. The van der Waals surface area contributed by atoms with Crippen molar-refractivity contribution in [1.29, 1.82) is 0 Å². The molecule has 0 saturated carbocycles. The molecule has 5 nitrogen and oxygen atoms in total. The van der Waals surface area contributed by atoms with Gasteiger partial charge in [0.1, 0.15) is 0 Å². The minimum Gasteiger partial charge on any atom is -0.373 e. The summed E-state index contributed by atoms with van der Waals surface area (Å²) >= 11 is 0. The molecule has 2 fully saturated rings. The van der Waals surface area contributed by atoms with Gasteiger partial charge in [0, 0.05) is 25.7 Å². The normalized spacial score (nSPS) is 24.7. The van der Waals surface area contributed by atoms with Crippen LogP contribution in [0.2, 0.25) is 0 Å². The Kier molecular flexibility index (Phi) is 6.10. The topological polar surface area (TPSA) is 48.9 Å². The quantitative estimate of drug-likeness (QED) is 0.640. The van der Waals surface area contributed by atoms with Gasteiger partial charge in [-0.2, -0.15) is 0 Å². The molecule has 1 aromatic rings. The van der Waals surface area contributed by atoms with E-state index in [1.807, 2.05) is 0 Å². The highest BCUT2D eigenvalue weighted by atomic mass is 16.5. The third kappa shape index (κ3) is 4.71. The van der Waals surface area contributed by atoms with Crippen molar-refractivity contribution in [3.63, 3.8) is 0 Å². The Labute approximate surface area is 145 Å². The van der Waals surface area contributed by atoms with E-state index < -0.39 is 0 Å². The van der Waals surface area contributed by atoms with Crippen LogP contribution in [0.25, 0.3) is 0 Å². The molecule has 0 amide bonds. The molecule has 0 radical (unpaired) electrons. The monoisotopic (exact) mass is 330 g/mol. The minimum absolute atomic E-state index is 0.252. The molecule has 24 heavy (non-hydrogen) atoms. The number of aryl methyl sites for hydroxylation is 1. The molecule has 2 aliphatic rings. The molecule has 0 aromatic heterocycles. The Bertz CT molecular complexity index is 560. The van der Waals surface area contributed by atoms with E-state index in [9.17, 15) is 0 Å². The first-order valence-corrected chi connectivity index (χ1v) is 9.18. The number of ether oxygens (including phenoxy) is 1. The van der Waals surface area contributed by atoms with Crippen LogP contribution in [-0.2, 0) is 11.3 Å². The van der Waals surface area contributed by atoms with Gasteiger partial charge in [0.05, 0.1) is 19.3 Å². The van der Waals surface area contributed by atoms with E-state index in [-0.39, 0.29) is 6.10 Å². The molecule has 0 bridgehead atoms. The molecule has 2 N–H and O–H groups in total. The van der Waals surface area contributed by atoms with Crippen LogP contribution in [0.1, 0.15) is 30.9 Å². The molecule has 2 aliphatic heterocycles. The summed E-state index contributed by atoms with van der Waals surface area (Å²) in [4.78, 5) is 7.28. The average Bonchev–Trinajstić information content (AvgIpc) is 3.05. The van der Waals surface area contributed by atoms with Crippen molar-refractivity contribution >= 4 is 5.96 Å². The van der Waals surface area contributed by atoms with Gasteiger partial charge in [-0.1, -0.05) is 29.8 Å². The van der Waals surface area contributed by atoms with E-state index in [0.717, 1.165) is 32.2 Å². The highest BCUT2D eigenvalue weighted by Gasteiger charge is 2.32. The van der Waals surface area contributed by atoms with Crippen LogP contribution in [0, 0.1) is 6.92 Å². The Morgan fingerprint density at radius 1 is 1.38 bits per heavy atom. The van der Waals surface area contributed by atoms with Gasteiger partial charge in [-0.3, -0.25) is 4.90 Å². The third-order valence-corrected chi connectivity index (χ3v) is 4.81. The van der Waals surface area contributed by atoms with Gasteiger partial charge in [-0.25, -0.2) is 4.99 Å². The number of rotatable bonds is 5. The number of morpholine rings is 1. The highest BCUT2D eigenvalue weighted by Crippen LogP contribution is 2.22. The molecule has 1 aromatic carbocycles. The van der Waals surface area contributed by atoms with Crippen LogP contribution in [-0.4, -0.2) is 55.8 Å². The predicted octanol–water partition coefficient (Wildman–Crippen LogP) is 1.91. The zero-order chi connectivity index (χ0) is 16.8. The lowest BCUT2D eigenvalue weighted by Gasteiger charge is -2.35. The highest BCUT2D eigenvalue weighted by molar-refractivity contribution is 5.79. The second-order valence-corrected chi connectivity index (χ2v) is 6.81. The lowest BCUT2D eigenvalue weighted by atomic mass is 10.1. The molecular weight excluding hydrogens is 300 g/mol. The predicted molar refractivity (Wildman–Crippen MR) is 98.3 cm³/mol. The Balaban J connectivity index is 1.51. The summed E-state index contributed by atoms with van der Waals surface area (Å²) in [5.74, 6) is 0.867. The standard InChI is InChI=1S/C19H30N4O/c1-3-20-19(21-11-16-7-4-6-15(2)10-16)22-12-18-13-23-9-5-8-17(23)14-24-18/h4,6-7,10,17-18H,3,5,8-9,11-14H2,1-2H3,(H2,20,21,22). The minimum atomic E-state index is 0.252. The summed E-state index contributed by atoms with van der Waals surface area (Å²) in [5.41, 5.74) is 2.51. The van der Waals surface area contributed by atoms with Crippen molar-refractivity contribution in [2.24, 2.45) is 4.99 Å². The van der Waals surface area contributed by atoms with Gasteiger partial charge in [0.15, 0.2) is 5.96 Å². The number of hydrogen-bond acceptors (Lipinski definition) is 3. The maximum absolute atomic E-state index is 6.01. The van der Waals surface area contributed by atoms with Crippen molar-refractivity contribution in [1.82, 2.24) is 15.5 Å². The maximum atomic E-state index is 6.01. The van der Waals surface area contributed by atoms with Crippen molar-refractivity contribution in [2.75, 3.05) is 32.8 Å². The molecule has 3 rings (SSSR count). The average molecular weight is 330 g/mol. The van der Waals surface area contributed by atoms with Crippen molar-refractivity contribution in [2.45, 2.75) is 45.4 Å². The summed E-state index contributed by atoms with van der Waals surface area (Å²) in [6.07, 6.45) is 2.86. The lowest BCUT2D eigenvalue weighted by molar-refractivity contribution is -0.0453. The van der Waals surface area contributed by atoms with Crippen molar-refractivity contribution in [3.05, 3.63) is 35.4 Å². The van der Waals surface area contributed by atoms with E-state index >= 15 is 0 Å². The molecule has 2 saturated heterocycles. The first-order valence-electron chi connectivity index (χ1n) is 9.18. The fourth-order valence-corrected chi connectivity index (χ4v) is 3.54. The first kappa shape index (κ1) is 17.2. The van der Waals surface area contributed by atoms with Gasteiger partial charge >= 0.3 is 0 Å². The summed E-state index contributed by atoms with van der Waals surface area (Å²) in [7, 11) is 0. The van der Waals surface area contributed by atoms with Gasteiger partial charge in [0.25, 0.3) is 0 Å². The molecule has 132 valence electrons. The van der Waals surface area contributed by atoms with E-state index in [4.69, 9.17) is 9.73 Å². The van der Waals surface area contributed by atoms with E-state index in [2.05, 4.69) is 53.6 Å². The summed E-state index contributed by atoms with van der Waals surface area (Å²) < 4.78 is 6.01.